The summed E-state index contributed by atoms with van der Waals surface area (Å²) < 4.78 is 0. The molecule has 0 heterocycles. The van der Waals surface area contributed by atoms with Crippen LogP contribution in [0.15, 0.2) is 58.8 Å². The maximum Gasteiger partial charge on any atom is 1.00 e. The molecule has 0 aliphatic rings. The largest absolute Gasteiger partial charge is 1.00 e. The van der Waals surface area contributed by atoms with Crippen molar-refractivity contribution in [3.63, 3.8) is 0 Å². The van der Waals surface area contributed by atoms with Crippen molar-refractivity contribution in [2.45, 2.75) is 0 Å². The SMILES string of the molecule is O=C([O-])c1ccc(/N=N/c2ccc(C(=O)[O-])cc2)cc1.[K+].[K+]. The van der Waals surface area contributed by atoms with Crippen LogP contribution in [0.25, 0.3) is 0 Å². The van der Waals surface area contributed by atoms with Gasteiger partial charge < -0.3 is 19.8 Å². The minimum atomic E-state index is -1.26. The standard InChI is InChI=1S/C14H10N2O4.2K/c17-13(18)9-1-5-11(6-2-9)15-16-12-7-3-10(4-8-12)14(19)20;;/h1-8H,(H,17,18)(H,19,20);;/q;2*+1/p-2/b16-15+;;. The van der Waals surface area contributed by atoms with Crippen molar-refractivity contribution in [2.24, 2.45) is 10.2 Å². The summed E-state index contributed by atoms with van der Waals surface area (Å²) >= 11 is 0. The van der Waals surface area contributed by atoms with Gasteiger partial charge in [0, 0.05) is 0 Å². The number of benzene rings is 2. The number of hydrogen-bond donors (Lipinski definition) is 0. The van der Waals surface area contributed by atoms with Crippen LogP contribution in [0.4, 0.5) is 11.4 Å². The Bertz CT molecular complexity index is 611. The molecule has 22 heavy (non-hydrogen) atoms. The fourth-order valence-electron chi connectivity index (χ4n) is 1.44. The second-order valence-electron chi connectivity index (χ2n) is 3.87. The first-order valence-electron chi connectivity index (χ1n) is 5.61. The average molecular weight is 346 g/mol. The molecule has 0 aliphatic heterocycles. The van der Waals surface area contributed by atoms with Crippen LogP contribution in [0.1, 0.15) is 20.7 Å². The quantitative estimate of drug-likeness (QED) is 0.408. The first-order chi connectivity index (χ1) is 9.56. The molecular weight excluding hydrogens is 338 g/mol. The van der Waals surface area contributed by atoms with Crippen molar-refractivity contribution in [3.05, 3.63) is 59.7 Å². The molecule has 0 radical (unpaired) electrons. The molecule has 2 rings (SSSR count). The molecule has 8 heteroatoms. The van der Waals surface area contributed by atoms with E-state index in [-0.39, 0.29) is 114 Å². The molecule has 0 unspecified atom stereocenters. The van der Waals surface area contributed by atoms with Crippen LogP contribution < -0.4 is 113 Å². The number of carboxylic acids is 2. The summed E-state index contributed by atoms with van der Waals surface area (Å²) in [7, 11) is 0. The predicted octanol–water partition coefficient (Wildman–Crippen LogP) is -5.16. The average Bonchev–Trinajstić information content (AvgIpc) is 2.46. The summed E-state index contributed by atoms with van der Waals surface area (Å²) in [6, 6.07) is 11.4. The van der Waals surface area contributed by atoms with Gasteiger partial charge >= 0.3 is 103 Å². The van der Waals surface area contributed by atoms with Gasteiger partial charge in [-0.3, -0.25) is 0 Å². The number of azo groups is 1. The zero-order valence-corrected chi connectivity index (χ0v) is 18.4. The molecule has 2 aromatic carbocycles. The third-order valence-corrected chi connectivity index (χ3v) is 2.49. The number of aromatic carboxylic acids is 2. The van der Waals surface area contributed by atoms with E-state index in [9.17, 15) is 19.8 Å². The van der Waals surface area contributed by atoms with Gasteiger partial charge in [0.1, 0.15) is 0 Å². The van der Waals surface area contributed by atoms with Crippen LogP contribution in [0.5, 0.6) is 0 Å². The van der Waals surface area contributed by atoms with Crippen molar-refractivity contribution in [2.75, 3.05) is 0 Å². The first-order valence-corrected chi connectivity index (χ1v) is 5.61. The molecule has 0 spiro atoms. The molecule has 0 N–H and O–H groups in total. The van der Waals surface area contributed by atoms with E-state index in [0.717, 1.165) is 0 Å². The molecule has 2 aromatic rings. The molecule has 0 aromatic heterocycles. The van der Waals surface area contributed by atoms with Gasteiger partial charge in [0.25, 0.3) is 0 Å². The summed E-state index contributed by atoms with van der Waals surface area (Å²) in [6.45, 7) is 0. The minimum Gasteiger partial charge on any atom is -0.545 e. The fraction of sp³-hybridized carbons (Fsp3) is 0. The summed E-state index contributed by atoms with van der Waals surface area (Å²) in [5, 5.41) is 28.9. The van der Waals surface area contributed by atoms with E-state index in [1.807, 2.05) is 0 Å². The number of nitrogens with zero attached hydrogens (tertiary/aromatic N) is 2. The number of rotatable bonds is 4. The Labute approximate surface area is 211 Å². The van der Waals surface area contributed by atoms with E-state index in [1.54, 1.807) is 0 Å². The van der Waals surface area contributed by atoms with E-state index in [0.29, 0.717) is 11.4 Å². The van der Waals surface area contributed by atoms with Crippen LogP contribution >= 0.6 is 0 Å². The Balaban J connectivity index is 0.00000220. The second-order valence-corrected chi connectivity index (χ2v) is 3.87. The van der Waals surface area contributed by atoms with Gasteiger partial charge in [-0.2, -0.15) is 10.2 Å². The van der Waals surface area contributed by atoms with Crippen molar-refractivity contribution >= 4 is 23.3 Å². The number of hydrogen-bond acceptors (Lipinski definition) is 6. The molecule has 100 valence electrons. The van der Waals surface area contributed by atoms with Crippen LogP contribution in [0, 0.1) is 0 Å². The van der Waals surface area contributed by atoms with Crippen LogP contribution in [0.2, 0.25) is 0 Å². The molecule has 0 bridgehead atoms. The Morgan fingerprint density at radius 2 is 0.909 bits per heavy atom. The Hall–Kier alpha value is 0.253. The molecule has 0 aliphatic carbocycles. The number of carbonyl (C=O) groups excluding carboxylic acids is 2. The van der Waals surface area contributed by atoms with Crippen LogP contribution in [-0.4, -0.2) is 11.9 Å². The number of carbonyl (C=O) groups is 2. The summed E-state index contributed by atoms with van der Waals surface area (Å²) in [5.41, 5.74) is 1.06. The molecule has 0 saturated carbocycles. The van der Waals surface area contributed by atoms with Gasteiger partial charge in [-0.25, -0.2) is 0 Å². The van der Waals surface area contributed by atoms with Crippen molar-refractivity contribution in [1.82, 2.24) is 0 Å². The topological polar surface area (TPSA) is 105 Å². The van der Waals surface area contributed by atoms with E-state index < -0.39 is 11.9 Å². The monoisotopic (exact) mass is 346 g/mol. The van der Waals surface area contributed by atoms with E-state index in [1.165, 1.54) is 48.5 Å². The van der Waals surface area contributed by atoms with E-state index in [4.69, 9.17) is 0 Å². The van der Waals surface area contributed by atoms with Gasteiger partial charge in [0.2, 0.25) is 0 Å². The van der Waals surface area contributed by atoms with Gasteiger partial charge in [0.05, 0.1) is 23.3 Å². The normalized spacial score (nSPS) is 9.64. The third kappa shape index (κ3) is 6.79. The molecule has 6 nitrogen and oxygen atoms in total. The molecule has 0 atom stereocenters. The third-order valence-electron chi connectivity index (χ3n) is 2.49. The van der Waals surface area contributed by atoms with Gasteiger partial charge in [-0.05, 0) is 35.4 Å². The van der Waals surface area contributed by atoms with Crippen LogP contribution in [-0.2, 0) is 0 Å². The van der Waals surface area contributed by atoms with E-state index in [2.05, 4.69) is 10.2 Å². The van der Waals surface area contributed by atoms with Gasteiger partial charge in [-0.1, -0.05) is 24.3 Å². The van der Waals surface area contributed by atoms with Crippen LogP contribution in [0.3, 0.4) is 0 Å². The Morgan fingerprint density at radius 1 is 0.636 bits per heavy atom. The molecule has 0 amide bonds. The van der Waals surface area contributed by atoms with Gasteiger partial charge in [0.15, 0.2) is 0 Å². The minimum absolute atomic E-state index is 0. The smallest absolute Gasteiger partial charge is 0.545 e. The molecule has 0 fully saturated rings. The second kappa shape index (κ2) is 10.9. The van der Waals surface area contributed by atoms with Gasteiger partial charge in [-0.15, -0.1) is 0 Å². The molecule has 0 saturated heterocycles. The summed E-state index contributed by atoms with van der Waals surface area (Å²) in [6.07, 6.45) is 0. The zero-order valence-electron chi connectivity index (χ0n) is 12.1. The Morgan fingerprint density at radius 3 is 1.14 bits per heavy atom. The van der Waals surface area contributed by atoms with Crippen molar-refractivity contribution in [3.8, 4) is 0 Å². The fourth-order valence-corrected chi connectivity index (χ4v) is 1.44. The zero-order chi connectivity index (χ0) is 14.5. The predicted molar refractivity (Wildman–Crippen MR) is 65.7 cm³/mol. The maximum atomic E-state index is 10.6. The summed E-state index contributed by atoms with van der Waals surface area (Å²) in [5.74, 6) is -2.52. The molecular formula is C14H8K2N2O4. The first kappa shape index (κ1) is 22.3. The van der Waals surface area contributed by atoms with Crippen molar-refractivity contribution in [1.29, 1.82) is 0 Å². The summed E-state index contributed by atoms with van der Waals surface area (Å²) in [4.78, 5) is 21.1. The maximum absolute atomic E-state index is 10.6. The Kier molecular flexibility index (Phi) is 11.0. The van der Waals surface area contributed by atoms with Crippen molar-refractivity contribution < 1.29 is 123 Å². The number of carboxylic acid groups (broad SMARTS) is 2. The van der Waals surface area contributed by atoms with E-state index >= 15 is 0 Å².